The zero-order valence-electron chi connectivity index (χ0n) is 11.8. The lowest BCUT2D eigenvalue weighted by Gasteiger charge is -2.22. The van der Waals surface area contributed by atoms with Crippen LogP contribution in [0, 0.1) is 0 Å². The van der Waals surface area contributed by atoms with Gasteiger partial charge in [0.2, 0.25) is 0 Å². The van der Waals surface area contributed by atoms with E-state index in [1.54, 1.807) is 12.1 Å². The summed E-state index contributed by atoms with van der Waals surface area (Å²) >= 11 is 0. The first kappa shape index (κ1) is 14.1. The number of carboxylic acids is 1. The number of benzene rings is 1. The standard InChI is InChI=1S/C16H19NO4/c18-16(19)15-12-6-1-2-7-13(12)21-14(15)10-17-9-11-5-3-4-8-20-11/h1-2,6-7,11,17H,3-5,8-10H2,(H,18,19). The minimum absolute atomic E-state index is 0.219. The van der Waals surface area contributed by atoms with Gasteiger partial charge in [0.05, 0.1) is 12.6 Å². The normalized spacial score (nSPS) is 19.0. The fraction of sp³-hybridized carbons (Fsp3) is 0.438. The molecule has 1 fully saturated rings. The van der Waals surface area contributed by atoms with E-state index in [1.165, 1.54) is 6.42 Å². The number of carboxylic acid groups (broad SMARTS) is 1. The summed E-state index contributed by atoms with van der Waals surface area (Å²) in [5.41, 5.74) is 0.864. The average molecular weight is 289 g/mol. The Morgan fingerprint density at radius 3 is 2.95 bits per heavy atom. The third-order valence-corrected chi connectivity index (χ3v) is 3.81. The predicted molar refractivity (Wildman–Crippen MR) is 78.5 cm³/mol. The highest BCUT2D eigenvalue weighted by atomic mass is 16.5. The monoisotopic (exact) mass is 289 g/mol. The third-order valence-electron chi connectivity index (χ3n) is 3.81. The lowest BCUT2D eigenvalue weighted by molar-refractivity contribution is 0.0166. The molecule has 112 valence electrons. The minimum Gasteiger partial charge on any atom is -0.478 e. The van der Waals surface area contributed by atoms with E-state index in [0.717, 1.165) is 26.0 Å². The Hall–Kier alpha value is -1.85. The van der Waals surface area contributed by atoms with E-state index >= 15 is 0 Å². The van der Waals surface area contributed by atoms with Gasteiger partial charge in [0.15, 0.2) is 0 Å². The van der Waals surface area contributed by atoms with Crippen molar-refractivity contribution in [3.05, 3.63) is 35.6 Å². The highest BCUT2D eigenvalue weighted by Crippen LogP contribution is 2.25. The summed E-state index contributed by atoms with van der Waals surface area (Å²) in [6.45, 7) is 1.93. The Morgan fingerprint density at radius 1 is 1.33 bits per heavy atom. The maximum atomic E-state index is 11.4. The van der Waals surface area contributed by atoms with Gasteiger partial charge in [0, 0.05) is 18.5 Å². The number of para-hydroxylation sites is 1. The number of hydrogen-bond acceptors (Lipinski definition) is 4. The molecule has 2 N–H and O–H groups in total. The zero-order valence-corrected chi connectivity index (χ0v) is 11.8. The maximum absolute atomic E-state index is 11.4. The van der Waals surface area contributed by atoms with Gasteiger partial charge in [-0.05, 0) is 25.3 Å². The second-order valence-electron chi connectivity index (χ2n) is 5.32. The molecule has 0 spiro atoms. The molecule has 1 unspecified atom stereocenters. The highest BCUT2D eigenvalue weighted by Gasteiger charge is 2.20. The number of nitrogens with one attached hydrogen (secondary N) is 1. The molecule has 2 heterocycles. The summed E-state index contributed by atoms with van der Waals surface area (Å²) in [7, 11) is 0. The Labute approximate surface area is 122 Å². The van der Waals surface area contributed by atoms with E-state index in [1.807, 2.05) is 12.1 Å². The molecular formula is C16H19NO4. The first-order chi connectivity index (χ1) is 10.3. The van der Waals surface area contributed by atoms with Crippen LogP contribution in [0.4, 0.5) is 0 Å². The van der Waals surface area contributed by atoms with E-state index in [4.69, 9.17) is 9.15 Å². The van der Waals surface area contributed by atoms with Crippen LogP contribution >= 0.6 is 0 Å². The Balaban J connectivity index is 1.71. The molecule has 0 radical (unpaired) electrons. The van der Waals surface area contributed by atoms with Crippen LogP contribution in [0.2, 0.25) is 0 Å². The molecule has 1 saturated heterocycles. The van der Waals surface area contributed by atoms with E-state index in [-0.39, 0.29) is 11.7 Å². The van der Waals surface area contributed by atoms with Crippen LogP contribution in [-0.4, -0.2) is 30.3 Å². The van der Waals surface area contributed by atoms with Crippen molar-refractivity contribution in [2.75, 3.05) is 13.2 Å². The predicted octanol–water partition coefficient (Wildman–Crippen LogP) is 2.79. The molecule has 1 aromatic heterocycles. The van der Waals surface area contributed by atoms with Gasteiger partial charge in [-0.2, -0.15) is 0 Å². The molecular weight excluding hydrogens is 270 g/mol. The molecule has 21 heavy (non-hydrogen) atoms. The number of aromatic carboxylic acids is 1. The van der Waals surface area contributed by atoms with Gasteiger partial charge >= 0.3 is 5.97 Å². The van der Waals surface area contributed by atoms with E-state index < -0.39 is 5.97 Å². The van der Waals surface area contributed by atoms with Gasteiger partial charge in [-0.1, -0.05) is 18.2 Å². The first-order valence-corrected chi connectivity index (χ1v) is 7.31. The number of furan rings is 1. The third kappa shape index (κ3) is 3.09. The van der Waals surface area contributed by atoms with Crippen molar-refractivity contribution in [3.63, 3.8) is 0 Å². The zero-order chi connectivity index (χ0) is 14.7. The lowest BCUT2D eigenvalue weighted by atomic mass is 10.1. The van der Waals surface area contributed by atoms with Gasteiger partial charge in [0.25, 0.3) is 0 Å². The van der Waals surface area contributed by atoms with Crippen LogP contribution < -0.4 is 5.32 Å². The quantitative estimate of drug-likeness (QED) is 0.885. The van der Waals surface area contributed by atoms with Crippen molar-refractivity contribution < 1.29 is 19.1 Å². The van der Waals surface area contributed by atoms with Crippen molar-refractivity contribution >= 4 is 16.9 Å². The molecule has 5 nitrogen and oxygen atoms in total. The van der Waals surface area contributed by atoms with E-state index in [0.29, 0.717) is 23.3 Å². The second kappa shape index (κ2) is 6.28. The molecule has 1 aliphatic rings. The summed E-state index contributed by atoms with van der Waals surface area (Å²) in [4.78, 5) is 11.4. The number of carbonyl (C=O) groups is 1. The van der Waals surface area contributed by atoms with Crippen LogP contribution in [0.1, 0.15) is 35.4 Å². The fourth-order valence-corrected chi connectivity index (χ4v) is 2.77. The molecule has 0 bridgehead atoms. The van der Waals surface area contributed by atoms with Gasteiger partial charge in [-0.25, -0.2) is 4.79 Å². The van der Waals surface area contributed by atoms with Crippen LogP contribution in [0.15, 0.2) is 28.7 Å². The summed E-state index contributed by atoms with van der Waals surface area (Å²) in [5.74, 6) is -0.481. The van der Waals surface area contributed by atoms with E-state index in [9.17, 15) is 9.90 Å². The molecule has 1 atom stereocenters. The van der Waals surface area contributed by atoms with Crippen molar-refractivity contribution in [1.29, 1.82) is 0 Å². The summed E-state index contributed by atoms with van der Waals surface area (Å²) in [6.07, 6.45) is 3.59. The summed E-state index contributed by atoms with van der Waals surface area (Å²) in [6, 6.07) is 7.22. The van der Waals surface area contributed by atoms with Gasteiger partial charge in [0.1, 0.15) is 16.9 Å². The Morgan fingerprint density at radius 2 is 2.19 bits per heavy atom. The van der Waals surface area contributed by atoms with Crippen LogP contribution in [0.5, 0.6) is 0 Å². The minimum atomic E-state index is -0.953. The summed E-state index contributed by atoms with van der Waals surface area (Å²) in [5, 5.41) is 13.3. The van der Waals surface area contributed by atoms with Gasteiger partial charge in [-0.3, -0.25) is 0 Å². The fourth-order valence-electron chi connectivity index (χ4n) is 2.77. The molecule has 0 amide bonds. The molecule has 0 aliphatic carbocycles. The molecule has 1 aliphatic heterocycles. The lowest BCUT2D eigenvalue weighted by Crippen LogP contribution is -2.31. The Kier molecular flexibility index (Phi) is 4.22. The van der Waals surface area contributed by atoms with Gasteiger partial charge < -0.3 is 19.6 Å². The van der Waals surface area contributed by atoms with Crippen molar-refractivity contribution in [2.24, 2.45) is 0 Å². The average Bonchev–Trinajstić information content (AvgIpc) is 2.86. The molecule has 3 rings (SSSR count). The van der Waals surface area contributed by atoms with Crippen molar-refractivity contribution in [1.82, 2.24) is 5.32 Å². The molecule has 1 aromatic carbocycles. The SMILES string of the molecule is O=C(O)c1c(CNCC2CCCCO2)oc2ccccc12. The number of hydrogen-bond donors (Lipinski definition) is 2. The summed E-state index contributed by atoms with van der Waals surface area (Å²) < 4.78 is 11.3. The number of rotatable bonds is 5. The Bertz CT molecular complexity index is 628. The molecule has 0 saturated carbocycles. The van der Waals surface area contributed by atoms with Crippen molar-refractivity contribution in [3.8, 4) is 0 Å². The highest BCUT2D eigenvalue weighted by molar-refractivity contribution is 6.03. The topological polar surface area (TPSA) is 71.7 Å². The van der Waals surface area contributed by atoms with Crippen LogP contribution in [0.25, 0.3) is 11.0 Å². The molecule has 5 heteroatoms. The number of fused-ring (bicyclic) bond motifs is 1. The second-order valence-corrected chi connectivity index (χ2v) is 5.32. The molecule has 2 aromatic rings. The van der Waals surface area contributed by atoms with E-state index in [2.05, 4.69) is 5.32 Å². The van der Waals surface area contributed by atoms with Crippen LogP contribution in [0.3, 0.4) is 0 Å². The smallest absolute Gasteiger partial charge is 0.339 e. The maximum Gasteiger partial charge on any atom is 0.339 e. The first-order valence-electron chi connectivity index (χ1n) is 7.31. The van der Waals surface area contributed by atoms with Crippen LogP contribution in [-0.2, 0) is 11.3 Å². The van der Waals surface area contributed by atoms with Gasteiger partial charge in [-0.15, -0.1) is 0 Å². The largest absolute Gasteiger partial charge is 0.478 e. The van der Waals surface area contributed by atoms with Crippen molar-refractivity contribution in [2.45, 2.75) is 31.9 Å². The number of ether oxygens (including phenoxy) is 1.